The number of nitrogens with one attached hydrogen (secondary N) is 1. The lowest BCUT2D eigenvalue weighted by Crippen LogP contribution is -2.29. The lowest BCUT2D eigenvalue weighted by molar-refractivity contribution is -0.138. The van der Waals surface area contributed by atoms with Gasteiger partial charge in [-0.05, 0) is 56.5 Å². The van der Waals surface area contributed by atoms with Gasteiger partial charge >= 0.3 is 11.9 Å². The smallest absolute Gasteiger partial charge is 0.331 e. The van der Waals surface area contributed by atoms with E-state index in [1.54, 1.807) is 0 Å². The van der Waals surface area contributed by atoms with Crippen molar-refractivity contribution in [1.82, 2.24) is 20.1 Å². The molecule has 2 aromatic rings. The number of benzene rings is 1. The third-order valence-electron chi connectivity index (χ3n) is 5.34. The Morgan fingerprint density at radius 3 is 2.76 bits per heavy atom. The summed E-state index contributed by atoms with van der Waals surface area (Å²) in [5.41, 5.74) is 1.30. The number of aromatic nitrogens is 3. The summed E-state index contributed by atoms with van der Waals surface area (Å²) in [4.78, 5) is 28.6. The molecule has 0 unspecified atom stereocenters. The monoisotopic (exact) mass is 456 g/mol. The van der Waals surface area contributed by atoms with Gasteiger partial charge in [-0.25, -0.2) is 14.6 Å². The van der Waals surface area contributed by atoms with E-state index < -0.39 is 11.9 Å². The van der Waals surface area contributed by atoms with Crippen LogP contribution >= 0.6 is 0 Å². The highest BCUT2D eigenvalue weighted by atomic mass is 16.5. The summed E-state index contributed by atoms with van der Waals surface area (Å²) in [5, 5.41) is 15.5. The molecule has 0 aliphatic carbocycles. The third kappa shape index (κ3) is 9.44. The number of piperidine rings is 1. The predicted molar refractivity (Wildman–Crippen MR) is 122 cm³/mol. The number of carbonyl (C=O) groups excluding carboxylic acids is 1. The van der Waals surface area contributed by atoms with Gasteiger partial charge in [-0.1, -0.05) is 18.6 Å². The number of nitrogens with zero attached hydrogens (tertiary/aromatic N) is 3. The summed E-state index contributed by atoms with van der Waals surface area (Å²) < 4.78 is 10.8. The molecule has 1 saturated heterocycles. The zero-order valence-electron chi connectivity index (χ0n) is 18.9. The second-order valence-electron chi connectivity index (χ2n) is 8.08. The highest BCUT2D eigenvalue weighted by molar-refractivity contribution is 5.90. The molecule has 2 N–H and O–H groups in total. The second-order valence-corrected chi connectivity index (χ2v) is 8.08. The van der Waals surface area contributed by atoms with Gasteiger partial charge in [0.25, 0.3) is 0 Å². The van der Waals surface area contributed by atoms with Crippen LogP contribution in [-0.2, 0) is 33.7 Å². The number of ether oxygens (including phenoxy) is 2. The average molecular weight is 457 g/mol. The molecule has 0 atom stereocenters. The van der Waals surface area contributed by atoms with Gasteiger partial charge in [0.2, 0.25) is 0 Å². The first-order valence-electron chi connectivity index (χ1n) is 11.5. The van der Waals surface area contributed by atoms with Gasteiger partial charge in [0.05, 0.1) is 13.2 Å². The molecule has 1 aromatic heterocycles. The molecule has 0 bridgehead atoms. The summed E-state index contributed by atoms with van der Waals surface area (Å²) >= 11 is 0. The van der Waals surface area contributed by atoms with Crippen molar-refractivity contribution >= 4 is 11.9 Å². The maximum absolute atomic E-state index is 11.3. The van der Waals surface area contributed by atoms with Crippen LogP contribution < -0.4 is 4.74 Å². The number of aromatic amines is 1. The van der Waals surface area contributed by atoms with E-state index >= 15 is 0 Å². The quantitative estimate of drug-likeness (QED) is 0.268. The lowest BCUT2D eigenvalue weighted by Gasteiger charge is -2.26. The molecule has 0 spiro atoms. The number of carboxylic acids is 1. The summed E-state index contributed by atoms with van der Waals surface area (Å²) in [6.45, 7) is 4.09. The molecular weight excluding hydrogens is 424 g/mol. The van der Waals surface area contributed by atoms with Gasteiger partial charge in [0, 0.05) is 31.5 Å². The molecule has 178 valence electrons. The Labute approximate surface area is 193 Å². The number of esters is 1. The fraction of sp³-hybridized carbons (Fsp3) is 0.500. The number of hydrogen-bond acceptors (Lipinski definition) is 7. The minimum absolute atomic E-state index is 0.0880. The maximum atomic E-state index is 11.3. The van der Waals surface area contributed by atoms with E-state index in [0.717, 1.165) is 49.5 Å². The van der Waals surface area contributed by atoms with Crippen LogP contribution in [0.25, 0.3) is 0 Å². The van der Waals surface area contributed by atoms with Crippen molar-refractivity contribution in [1.29, 1.82) is 0 Å². The van der Waals surface area contributed by atoms with Crippen LogP contribution in [0.3, 0.4) is 0 Å². The van der Waals surface area contributed by atoms with Gasteiger partial charge < -0.3 is 14.6 Å². The Morgan fingerprint density at radius 1 is 1.09 bits per heavy atom. The van der Waals surface area contributed by atoms with Gasteiger partial charge in [0.1, 0.15) is 11.6 Å². The Morgan fingerprint density at radius 2 is 1.94 bits per heavy atom. The highest BCUT2D eigenvalue weighted by Crippen LogP contribution is 2.18. The van der Waals surface area contributed by atoms with Crippen LogP contribution in [0.1, 0.15) is 49.3 Å². The van der Waals surface area contributed by atoms with Gasteiger partial charge in [-0.3, -0.25) is 10.00 Å². The van der Waals surface area contributed by atoms with Crippen LogP contribution in [0.4, 0.5) is 0 Å². The van der Waals surface area contributed by atoms with Crippen LogP contribution in [0.2, 0.25) is 0 Å². The van der Waals surface area contributed by atoms with Crippen molar-refractivity contribution in [2.24, 2.45) is 0 Å². The van der Waals surface area contributed by atoms with Crippen molar-refractivity contribution in [3.05, 3.63) is 53.6 Å². The first kappa shape index (κ1) is 24.4. The van der Waals surface area contributed by atoms with E-state index in [1.807, 2.05) is 6.07 Å². The zero-order chi connectivity index (χ0) is 23.3. The maximum Gasteiger partial charge on any atom is 0.331 e. The number of likely N-dealkylation sites (tertiary alicyclic amines) is 1. The van der Waals surface area contributed by atoms with Crippen molar-refractivity contribution in [2.45, 2.75) is 51.5 Å². The SMILES string of the molecule is O=C(O)/C=C\C(=O)OCCc1n[nH]c(CCCCOc2cccc(CN3CCCCC3)c2)n1. The van der Waals surface area contributed by atoms with Crippen molar-refractivity contribution in [3.8, 4) is 5.75 Å². The van der Waals surface area contributed by atoms with E-state index in [4.69, 9.17) is 14.6 Å². The minimum atomic E-state index is -1.20. The van der Waals surface area contributed by atoms with Crippen LogP contribution in [-0.4, -0.2) is 63.4 Å². The van der Waals surface area contributed by atoms with Gasteiger partial charge in [-0.2, -0.15) is 5.10 Å². The van der Waals surface area contributed by atoms with E-state index in [2.05, 4.69) is 38.3 Å². The molecule has 1 fully saturated rings. The molecule has 9 heteroatoms. The van der Waals surface area contributed by atoms with Crippen molar-refractivity contribution in [3.63, 3.8) is 0 Å². The van der Waals surface area contributed by atoms with E-state index in [9.17, 15) is 9.59 Å². The number of carboxylic acid groups (broad SMARTS) is 1. The van der Waals surface area contributed by atoms with Crippen molar-refractivity contribution < 1.29 is 24.2 Å². The second kappa shape index (κ2) is 13.4. The van der Waals surface area contributed by atoms with Crippen LogP contribution in [0.5, 0.6) is 5.75 Å². The Kier molecular flexibility index (Phi) is 9.90. The molecule has 0 radical (unpaired) electrons. The normalized spacial score (nSPS) is 14.4. The number of carbonyl (C=O) groups is 2. The van der Waals surface area contributed by atoms with E-state index in [1.165, 1.54) is 37.9 Å². The molecule has 9 nitrogen and oxygen atoms in total. The molecule has 1 aromatic carbocycles. The molecule has 0 saturated carbocycles. The first-order chi connectivity index (χ1) is 16.1. The van der Waals surface area contributed by atoms with E-state index in [-0.39, 0.29) is 6.61 Å². The topological polar surface area (TPSA) is 118 Å². The van der Waals surface area contributed by atoms with Crippen LogP contribution in [0.15, 0.2) is 36.4 Å². The number of rotatable bonds is 13. The Bertz CT molecular complexity index is 921. The highest BCUT2D eigenvalue weighted by Gasteiger charge is 2.11. The summed E-state index contributed by atoms with van der Waals surface area (Å²) in [7, 11) is 0. The fourth-order valence-corrected chi connectivity index (χ4v) is 3.68. The molecule has 3 rings (SSSR count). The fourth-order valence-electron chi connectivity index (χ4n) is 3.68. The molecular formula is C24H32N4O5. The number of hydrogen-bond donors (Lipinski definition) is 2. The molecule has 1 aliphatic heterocycles. The average Bonchev–Trinajstić information content (AvgIpc) is 3.26. The number of aryl methyl sites for hydroxylation is 1. The predicted octanol–water partition coefficient (Wildman–Crippen LogP) is 2.92. The Balaban J connectivity index is 1.29. The van der Waals surface area contributed by atoms with E-state index in [0.29, 0.717) is 18.9 Å². The largest absolute Gasteiger partial charge is 0.494 e. The molecule has 1 aliphatic rings. The summed E-state index contributed by atoms with van der Waals surface area (Å²) in [5.74, 6) is 0.356. The van der Waals surface area contributed by atoms with Crippen LogP contribution in [0, 0.1) is 0 Å². The molecule has 2 heterocycles. The van der Waals surface area contributed by atoms with Crippen molar-refractivity contribution in [2.75, 3.05) is 26.3 Å². The summed E-state index contributed by atoms with van der Waals surface area (Å²) in [6.07, 6.45) is 8.48. The summed E-state index contributed by atoms with van der Waals surface area (Å²) in [6, 6.07) is 8.37. The lowest BCUT2D eigenvalue weighted by atomic mass is 10.1. The molecule has 0 amide bonds. The minimum Gasteiger partial charge on any atom is -0.494 e. The number of H-pyrrole nitrogens is 1. The molecule has 33 heavy (non-hydrogen) atoms. The van der Waals surface area contributed by atoms with Gasteiger partial charge in [0.15, 0.2) is 5.82 Å². The van der Waals surface area contributed by atoms with Gasteiger partial charge in [-0.15, -0.1) is 0 Å². The zero-order valence-corrected chi connectivity index (χ0v) is 18.9. The third-order valence-corrected chi connectivity index (χ3v) is 5.34. The number of unbranched alkanes of at least 4 members (excludes halogenated alkanes) is 1. The standard InChI is InChI=1S/C24H32N4O5/c29-23(30)10-11-24(31)33-16-12-22-25-21(26-27-22)9-2-5-15-32-20-8-6-7-19(17-20)18-28-13-3-1-4-14-28/h6-8,10-11,17H,1-5,9,12-16,18H2,(H,29,30)(H,25,26,27)/b11-10-. The first-order valence-corrected chi connectivity index (χ1v) is 11.5. The Hall–Kier alpha value is -3.20. The number of aliphatic carboxylic acids is 1.